The molecule has 0 spiro atoms. The second-order valence-corrected chi connectivity index (χ2v) is 3.71. The van der Waals surface area contributed by atoms with Crippen molar-refractivity contribution in [2.45, 2.75) is 13.1 Å². The van der Waals surface area contributed by atoms with Crippen LogP contribution < -0.4 is 0 Å². The molecule has 0 N–H and O–H groups in total. The largest absolute Gasteiger partial charge is 0.0893 e. The quantitative estimate of drug-likeness (QED) is 0.426. The van der Waals surface area contributed by atoms with Crippen LogP contribution in [0.1, 0.15) is 11.1 Å². The van der Waals surface area contributed by atoms with Gasteiger partial charge in [-0.05, 0) is 33.0 Å². The number of azide groups is 2. The lowest BCUT2D eigenvalue weighted by Gasteiger charge is -2.08. The average molecular weight is 238 g/mol. The minimum Gasteiger partial charge on any atom is -0.0893 e. The van der Waals surface area contributed by atoms with Crippen molar-refractivity contribution in [3.63, 3.8) is 0 Å². The number of benzene rings is 2. The Kier molecular flexibility index (Phi) is 3.66. The Hall–Kier alpha value is -2.68. The Balaban J connectivity index is 2.57. The summed E-state index contributed by atoms with van der Waals surface area (Å²) in [5, 5.41) is 9.21. The fourth-order valence-electron chi connectivity index (χ4n) is 1.92. The van der Waals surface area contributed by atoms with Gasteiger partial charge in [-0.2, -0.15) is 0 Å². The average Bonchev–Trinajstić information content (AvgIpc) is 2.43. The molecule has 0 aromatic heterocycles. The van der Waals surface area contributed by atoms with E-state index in [1.807, 2.05) is 36.4 Å². The van der Waals surface area contributed by atoms with Gasteiger partial charge < -0.3 is 0 Å². The van der Waals surface area contributed by atoms with Crippen LogP contribution in [0.2, 0.25) is 0 Å². The monoisotopic (exact) mass is 238 g/mol. The molecule has 0 radical (unpaired) electrons. The smallest absolute Gasteiger partial charge is 0.0517 e. The molecular formula is C12H10N6. The van der Waals surface area contributed by atoms with Gasteiger partial charge in [0.15, 0.2) is 0 Å². The van der Waals surface area contributed by atoms with Gasteiger partial charge in [0.1, 0.15) is 0 Å². The molecule has 0 heterocycles. The fraction of sp³-hybridized carbons (Fsp3) is 0.167. The summed E-state index contributed by atoms with van der Waals surface area (Å²) in [5.41, 5.74) is 18.7. The fourth-order valence-corrected chi connectivity index (χ4v) is 1.92. The summed E-state index contributed by atoms with van der Waals surface area (Å²) in [6.45, 7) is 0.637. The van der Waals surface area contributed by atoms with Gasteiger partial charge in [0.05, 0.1) is 13.1 Å². The van der Waals surface area contributed by atoms with E-state index in [0.717, 1.165) is 21.9 Å². The van der Waals surface area contributed by atoms with E-state index in [4.69, 9.17) is 11.1 Å². The van der Waals surface area contributed by atoms with E-state index in [1.54, 1.807) is 0 Å². The van der Waals surface area contributed by atoms with E-state index in [9.17, 15) is 0 Å². The first-order valence-corrected chi connectivity index (χ1v) is 5.38. The van der Waals surface area contributed by atoms with Crippen molar-refractivity contribution in [1.82, 2.24) is 0 Å². The van der Waals surface area contributed by atoms with Crippen molar-refractivity contribution < 1.29 is 0 Å². The summed E-state index contributed by atoms with van der Waals surface area (Å²) in [6, 6.07) is 11.6. The lowest BCUT2D eigenvalue weighted by Crippen LogP contribution is -1.89. The maximum Gasteiger partial charge on any atom is 0.0517 e. The van der Waals surface area contributed by atoms with E-state index in [0.29, 0.717) is 13.1 Å². The van der Waals surface area contributed by atoms with E-state index >= 15 is 0 Å². The molecule has 6 nitrogen and oxygen atoms in total. The standard InChI is InChI=1S/C12H10N6/c13-17-15-7-9-5-6-10(8-16-18-14)12-4-2-1-3-11(9)12/h1-6H,7-8H2. The van der Waals surface area contributed by atoms with Gasteiger partial charge in [0, 0.05) is 9.82 Å². The molecule has 18 heavy (non-hydrogen) atoms. The zero-order valence-electron chi connectivity index (χ0n) is 9.56. The third-order valence-electron chi connectivity index (χ3n) is 2.71. The summed E-state index contributed by atoms with van der Waals surface area (Å²) < 4.78 is 0. The number of fused-ring (bicyclic) bond motifs is 1. The highest BCUT2D eigenvalue weighted by molar-refractivity contribution is 5.88. The maximum absolute atomic E-state index is 8.37. The molecule has 0 atom stereocenters. The van der Waals surface area contributed by atoms with E-state index in [-0.39, 0.29) is 0 Å². The molecule has 2 aromatic rings. The number of hydrogen-bond acceptors (Lipinski definition) is 2. The molecule has 88 valence electrons. The van der Waals surface area contributed by atoms with Crippen LogP contribution in [0, 0.1) is 0 Å². The van der Waals surface area contributed by atoms with Crippen LogP contribution >= 0.6 is 0 Å². The van der Waals surface area contributed by atoms with Crippen molar-refractivity contribution in [2.75, 3.05) is 0 Å². The van der Waals surface area contributed by atoms with Gasteiger partial charge in [0.25, 0.3) is 0 Å². The lowest BCUT2D eigenvalue weighted by atomic mass is 9.99. The summed E-state index contributed by atoms with van der Waals surface area (Å²) in [4.78, 5) is 5.54. The van der Waals surface area contributed by atoms with Gasteiger partial charge in [-0.3, -0.25) is 0 Å². The second-order valence-electron chi connectivity index (χ2n) is 3.71. The van der Waals surface area contributed by atoms with Crippen molar-refractivity contribution in [3.05, 3.63) is 68.4 Å². The first kappa shape index (κ1) is 11.8. The third kappa shape index (κ3) is 2.35. The summed E-state index contributed by atoms with van der Waals surface area (Å²) in [5.74, 6) is 0. The van der Waals surface area contributed by atoms with Crippen LogP contribution in [0.15, 0.2) is 46.6 Å². The van der Waals surface area contributed by atoms with Gasteiger partial charge >= 0.3 is 0 Å². The number of rotatable bonds is 4. The molecule has 2 rings (SSSR count). The van der Waals surface area contributed by atoms with Gasteiger partial charge in [-0.1, -0.05) is 46.6 Å². The predicted molar refractivity (Wildman–Crippen MR) is 69.6 cm³/mol. The van der Waals surface area contributed by atoms with Gasteiger partial charge in [-0.15, -0.1) is 0 Å². The molecule has 0 aliphatic rings. The van der Waals surface area contributed by atoms with Gasteiger partial charge in [0.2, 0.25) is 0 Å². The zero-order chi connectivity index (χ0) is 12.8. The number of hydrogen-bond donors (Lipinski definition) is 0. The lowest BCUT2D eigenvalue weighted by molar-refractivity contribution is 1.04. The molecule has 2 aromatic carbocycles. The van der Waals surface area contributed by atoms with Crippen LogP contribution in [0.4, 0.5) is 0 Å². The highest BCUT2D eigenvalue weighted by atomic mass is 15.1. The number of nitrogens with zero attached hydrogens (tertiary/aromatic N) is 6. The Bertz CT molecular complexity index is 607. The van der Waals surface area contributed by atoms with E-state index in [1.165, 1.54) is 0 Å². The van der Waals surface area contributed by atoms with Crippen molar-refractivity contribution in [3.8, 4) is 0 Å². The SMILES string of the molecule is [N-]=[N+]=NCc1ccc(CN=[N+]=[N-])c2ccccc12. The Morgan fingerprint density at radius 3 is 1.61 bits per heavy atom. The molecule has 6 heteroatoms. The summed E-state index contributed by atoms with van der Waals surface area (Å²) in [6.07, 6.45) is 0. The van der Waals surface area contributed by atoms with Gasteiger partial charge in [-0.25, -0.2) is 0 Å². The highest BCUT2D eigenvalue weighted by Crippen LogP contribution is 2.24. The third-order valence-corrected chi connectivity index (χ3v) is 2.71. The topological polar surface area (TPSA) is 97.5 Å². The minimum absolute atomic E-state index is 0.318. The molecule has 0 unspecified atom stereocenters. The molecule has 0 fully saturated rings. The molecule has 0 aliphatic carbocycles. The van der Waals surface area contributed by atoms with Crippen molar-refractivity contribution in [1.29, 1.82) is 0 Å². The Labute approximate surface area is 103 Å². The first-order chi connectivity index (χ1) is 8.86. The molecule has 0 amide bonds. The normalized spacial score (nSPS) is 9.56. The van der Waals surface area contributed by atoms with Crippen LogP contribution in [-0.2, 0) is 13.1 Å². The van der Waals surface area contributed by atoms with Crippen molar-refractivity contribution in [2.24, 2.45) is 10.2 Å². The minimum atomic E-state index is 0.318. The molecule has 0 saturated heterocycles. The second kappa shape index (κ2) is 5.59. The first-order valence-electron chi connectivity index (χ1n) is 5.38. The Morgan fingerprint density at radius 2 is 1.22 bits per heavy atom. The highest BCUT2D eigenvalue weighted by Gasteiger charge is 2.04. The van der Waals surface area contributed by atoms with Crippen LogP contribution in [0.3, 0.4) is 0 Å². The van der Waals surface area contributed by atoms with Crippen LogP contribution in [-0.4, -0.2) is 0 Å². The maximum atomic E-state index is 8.37. The Morgan fingerprint density at radius 1 is 0.778 bits per heavy atom. The molecule has 0 saturated carbocycles. The zero-order valence-corrected chi connectivity index (χ0v) is 9.56. The van der Waals surface area contributed by atoms with E-state index in [2.05, 4.69) is 20.1 Å². The van der Waals surface area contributed by atoms with Crippen molar-refractivity contribution >= 4 is 10.8 Å². The summed E-state index contributed by atoms with van der Waals surface area (Å²) >= 11 is 0. The van der Waals surface area contributed by atoms with Crippen LogP contribution in [0.25, 0.3) is 31.7 Å². The molecular weight excluding hydrogens is 228 g/mol. The van der Waals surface area contributed by atoms with E-state index < -0.39 is 0 Å². The summed E-state index contributed by atoms with van der Waals surface area (Å²) in [7, 11) is 0. The van der Waals surface area contributed by atoms with Crippen LogP contribution in [0.5, 0.6) is 0 Å². The molecule has 0 aliphatic heterocycles. The predicted octanol–water partition coefficient (Wildman–Crippen LogP) is 4.46. The molecule has 0 bridgehead atoms.